The van der Waals surface area contributed by atoms with E-state index in [1.807, 2.05) is 35.1 Å². The van der Waals surface area contributed by atoms with Crippen LogP contribution in [0.25, 0.3) is 0 Å². The zero-order chi connectivity index (χ0) is 14.5. The molecule has 1 amide bonds. The lowest BCUT2D eigenvalue weighted by molar-refractivity contribution is -0.118. The summed E-state index contributed by atoms with van der Waals surface area (Å²) in [4.78, 5) is 11.7. The maximum Gasteiger partial charge on any atom is 0.244 e. The molecule has 5 nitrogen and oxygen atoms in total. The second-order valence-corrected chi connectivity index (χ2v) is 5.44. The van der Waals surface area contributed by atoms with Crippen molar-refractivity contribution in [3.63, 3.8) is 0 Å². The van der Waals surface area contributed by atoms with Gasteiger partial charge in [0.1, 0.15) is 6.04 Å². The van der Waals surface area contributed by atoms with Crippen LogP contribution in [0.15, 0.2) is 41.1 Å². The van der Waals surface area contributed by atoms with Crippen molar-refractivity contribution in [2.75, 3.05) is 5.32 Å². The van der Waals surface area contributed by atoms with Crippen molar-refractivity contribution in [2.24, 2.45) is 5.73 Å². The van der Waals surface area contributed by atoms with E-state index in [4.69, 9.17) is 5.73 Å². The number of nitrogens with zero attached hydrogens (tertiary/aromatic N) is 2. The summed E-state index contributed by atoms with van der Waals surface area (Å²) in [5.74, 6) is -0.430. The minimum atomic E-state index is -0.588. The molecule has 1 aromatic carbocycles. The maximum atomic E-state index is 11.7. The fourth-order valence-electron chi connectivity index (χ4n) is 1.94. The number of benzene rings is 1. The second-order valence-electron chi connectivity index (χ2n) is 4.53. The predicted molar refractivity (Wildman–Crippen MR) is 82.2 cm³/mol. The van der Waals surface area contributed by atoms with Crippen molar-refractivity contribution in [1.29, 1.82) is 0 Å². The zero-order valence-corrected chi connectivity index (χ0v) is 12.8. The Morgan fingerprint density at radius 1 is 1.55 bits per heavy atom. The first-order valence-electron chi connectivity index (χ1n) is 6.44. The number of anilines is 1. The maximum absolute atomic E-state index is 11.7. The van der Waals surface area contributed by atoms with Gasteiger partial charge in [-0.2, -0.15) is 5.10 Å². The van der Waals surface area contributed by atoms with Crippen molar-refractivity contribution < 1.29 is 4.79 Å². The molecule has 106 valence electrons. The van der Waals surface area contributed by atoms with Gasteiger partial charge in [0.05, 0.1) is 6.20 Å². The molecule has 1 unspecified atom stereocenters. The van der Waals surface area contributed by atoms with Crippen LogP contribution in [-0.4, -0.2) is 15.7 Å². The highest BCUT2D eigenvalue weighted by Crippen LogP contribution is 2.22. The molecule has 0 radical (unpaired) electrons. The second kappa shape index (κ2) is 6.56. The minimum absolute atomic E-state index is 0.430. The van der Waals surface area contributed by atoms with Gasteiger partial charge < -0.3 is 11.1 Å². The van der Waals surface area contributed by atoms with E-state index in [0.29, 0.717) is 0 Å². The largest absolute Gasteiger partial charge is 0.370 e. The standard InChI is InChI=1S/C14H17BrN4O/c1-2-6-19-9-10(8-17-19)13(14(16)20)18-12-5-3-4-11(15)7-12/h3-5,7-9,13,18H,2,6H2,1H3,(H2,16,20). The number of halogens is 1. The minimum Gasteiger partial charge on any atom is -0.370 e. The van der Waals surface area contributed by atoms with Gasteiger partial charge in [-0.05, 0) is 24.6 Å². The van der Waals surface area contributed by atoms with Gasteiger partial charge in [0.25, 0.3) is 0 Å². The van der Waals surface area contributed by atoms with Crippen molar-refractivity contribution in [3.8, 4) is 0 Å². The smallest absolute Gasteiger partial charge is 0.244 e. The number of rotatable bonds is 6. The van der Waals surface area contributed by atoms with E-state index in [1.54, 1.807) is 6.20 Å². The van der Waals surface area contributed by atoms with Crippen LogP contribution in [0.2, 0.25) is 0 Å². The summed E-state index contributed by atoms with van der Waals surface area (Å²) < 4.78 is 2.75. The molecule has 0 fully saturated rings. The number of aromatic nitrogens is 2. The number of aryl methyl sites for hydroxylation is 1. The molecule has 2 rings (SSSR count). The molecule has 0 aliphatic heterocycles. The van der Waals surface area contributed by atoms with E-state index in [2.05, 4.69) is 33.3 Å². The fourth-order valence-corrected chi connectivity index (χ4v) is 2.34. The Balaban J connectivity index is 2.20. The third-order valence-electron chi connectivity index (χ3n) is 2.86. The Morgan fingerprint density at radius 3 is 3.00 bits per heavy atom. The fraction of sp³-hybridized carbons (Fsp3) is 0.286. The van der Waals surface area contributed by atoms with Crippen LogP contribution in [0.4, 0.5) is 5.69 Å². The Labute approximate surface area is 126 Å². The Morgan fingerprint density at radius 2 is 2.35 bits per heavy atom. The van der Waals surface area contributed by atoms with Crippen LogP contribution < -0.4 is 11.1 Å². The topological polar surface area (TPSA) is 72.9 Å². The van der Waals surface area contributed by atoms with E-state index in [9.17, 15) is 4.79 Å². The summed E-state index contributed by atoms with van der Waals surface area (Å²) in [7, 11) is 0. The van der Waals surface area contributed by atoms with Crippen molar-refractivity contribution >= 4 is 27.5 Å². The van der Waals surface area contributed by atoms with Gasteiger partial charge in [0.2, 0.25) is 5.91 Å². The van der Waals surface area contributed by atoms with Crippen molar-refractivity contribution in [1.82, 2.24) is 9.78 Å². The number of carbonyl (C=O) groups excluding carboxylic acids is 1. The SMILES string of the molecule is CCCn1cc(C(Nc2cccc(Br)c2)C(N)=O)cn1. The Bertz CT molecular complexity index is 596. The van der Waals surface area contributed by atoms with E-state index in [1.165, 1.54) is 0 Å². The van der Waals surface area contributed by atoms with Gasteiger partial charge in [-0.3, -0.25) is 9.48 Å². The first-order valence-corrected chi connectivity index (χ1v) is 7.23. The van der Waals surface area contributed by atoms with Crippen LogP contribution in [0.5, 0.6) is 0 Å². The van der Waals surface area contributed by atoms with Crippen LogP contribution in [0.3, 0.4) is 0 Å². The molecule has 20 heavy (non-hydrogen) atoms. The van der Waals surface area contributed by atoms with Crippen LogP contribution in [-0.2, 0) is 11.3 Å². The van der Waals surface area contributed by atoms with Crippen molar-refractivity contribution in [3.05, 3.63) is 46.7 Å². The van der Waals surface area contributed by atoms with Gasteiger partial charge in [0, 0.05) is 28.5 Å². The van der Waals surface area contributed by atoms with E-state index >= 15 is 0 Å². The lowest BCUT2D eigenvalue weighted by Gasteiger charge is -2.15. The predicted octanol–water partition coefficient (Wildman–Crippen LogP) is 2.69. The van der Waals surface area contributed by atoms with Gasteiger partial charge in [-0.25, -0.2) is 0 Å². The van der Waals surface area contributed by atoms with E-state index in [0.717, 1.165) is 28.7 Å². The number of primary amides is 1. The van der Waals surface area contributed by atoms with Crippen molar-refractivity contribution in [2.45, 2.75) is 25.9 Å². The van der Waals surface area contributed by atoms with E-state index < -0.39 is 11.9 Å². The average molecular weight is 337 g/mol. The lowest BCUT2D eigenvalue weighted by Crippen LogP contribution is -2.27. The van der Waals surface area contributed by atoms with Gasteiger partial charge >= 0.3 is 0 Å². The molecule has 3 N–H and O–H groups in total. The summed E-state index contributed by atoms with van der Waals surface area (Å²) in [6.07, 6.45) is 4.52. The van der Waals surface area contributed by atoms with Gasteiger partial charge in [-0.1, -0.05) is 28.9 Å². The third-order valence-corrected chi connectivity index (χ3v) is 3.35. The number of carbonyl (C=O) groups is 1. The molecule has 6 heteroatoms. The summed E-state index contributed by atoms with van der Waals surface area (Å²) >= 11 is 3.40. The molecule has 0 saturated carbocycles. The number of hydrogen-bond acceptors (Lipinski definition) is 3. The van der Waals surface area contributed by atoms with E-state index in [-0.39, 0.29) is 0 Å². The number of amides is 1. The monoisotopic (exact) mass is 336 g/mol. The summed E-state index contributed by atoms with van der Waals surface area (Å²) in [5, 5.41) is 7.36. The van der Waals surface area contributed by atoms with Crippen LogP contribution in [0.1, 0.15) is 24.9 Å². The molecular weight excluding hydrogens is 320 g/mol. The quantitative estimate of drug-likeness (QED) is 0.851. The molecule has 0 spiro atoms. The Hall–Kier alpha value is -1.82. The summed E-state index contributed by atoms with van der Waals surface area (Å²) in [5.41, 5.74) is 7.08. The normalized spacial score (nSPS) is 12.1. The van der Waals surface area contributed by atoms with Gasteiger partial charge in [-0.15, -0.1) is 0 Å². The first-order chi connectivity index (χ1) is 9.60. The first kappa shape index (κ1) is 14.6. The lowest BCUT2D eigenvalue weighted by atomic mass is 10.1. The summed E-state index contributed by atoms with van der Waals surface area (Å²) in [6.45, 7) is 2.90. The van der Waals surface area contributed by atoms with Gasteiger partial charge in [0.15, 0.2) is 0 Å². The number of nitrogens with two attached hydrogens (primary N) is 1. The molecule has 0 aliphatic rings. The molecule has 0 aliphatic carbocycles. The zero-order valence-electron chi connectivity index (χ0n) is 11.2. The highest BCUT2D eigenvalue weighted by Gasteiger charge is 2.19. The van der Waals surface area contributed by atoms with Crippen LogP contribution >= 0.6 is 15.9 Å². The molecular formula is C14H17BrN4O. The highest BCUT2D eigenvalue weighted by molar-refractivity contribution is 9.10. The third kappa shape index (κ3) is 3.60. The molecule has 0 bridgehead atoms. The molecule has 2 aromatic rings. The summed E-state index contributed by atoms with van der Waals surface area (Å²) in [6, 6.07) is 7.01. The Kier molecular flexibility index (Phi) is 4.79. The molecule has 1 aromatic heterocycles. The molecule has 0 saturated heterocycles. The molecule has 1 heterocycles. The number of nitrogens with one attached hydrogen (secondary N) is 1. The average Bonchev–Trinajstić information content (AvgIpc) is 2.84. The number of hydrogen-bond donors (Lipinski definition) is 2. The highest BCUT2D eigenvalue weighted by atomic mass is 79.9. The van der Waals surface area contributed by atoms with Crippen LogP contribution in [0, 0.1) is 0 Å². The molecule has 1 atom stereocenters.